The van der Waals surface area contributed by atoms with Crippen LogP contribution in [0.3, 0.4) is 0 Å². The molecule has 2 amide bonds. The van der Waals surface area contributed by atoms with E-state index in [-0.39, 0.29) is 6.54 Å². The SMILES string of the molecule is CO[C@H](C)CNC(=O)N[C@@H](c1cccc(F)c1F)C(F)(F)F. The molecular formula is C13H15F5N2O2. The minimum atomic E-state index is -4.99. The van der Waals surface area contributed by atoms with Gasteiger partial charge in [0.25, 0.3) is 0 Å². The molecule has 4 nitrogen and oxygen atoms in total. The molecule has 0 spiro atoms. The maximum absolute atomic E-state index is 13.5. The highest BCUT2D eigenvalue weighted by molar-refractivity contribution is 5.74. The Kier molecular flexibility index (Phi) is 6.10. The summed E-state index contributed by atoms with van der Waals surface area (Å²) in [6, 6.07) is -1.46. The second-order valence-corrected chi connectivity index (χ2v) is 4.52. The molecular weight excluding hydrogens is 311 g/mol. The van der Waals surface area contributed by atoms with Crippen LogP contribution in [0.5, 0.6) is 0 Å². The predicted octanol–water partition coefficient (Wildman–Crippen LogP) is 2.90. The van der Waals surface area contributed by atoms with Crippen LogP contribution in [0, 0.1) is 11.6 Å². The molecule has 2 atom stereocenters. The molecule has 0 aliphatic carbocycles. The average Bonchev–Trinajstić information content (AvgIpc) is 2.44. The van der Waals surface area contributed by atoms with Crippen LogP contribution < -0.4 is 10.6 Å². The number of benzene rings is 1. The highest BCUT2D eigenvalue weighted by Gasteiger charge is 2.43. The highest BCUT2D eigenvalue weighted by Crippen LogP contribution is 2.34. The number of ether oxygens (including phenoxy) is 1. The van der Waals surface area contributed by atoms with Gasteiger partial charge in [0.2, 0.25) is 0 Å². The Morgan fingerprint density at radius 3 is 2.50 bits per heavy atom. The van der Waals surface area contributed by atoms with Crippen LogP contribution in [0.2, 0.25) is 0 Å². The van der Waals surface area contributed by atoms with Crippen LogP contribution in [0.25, 0.3) is 0 Å². The van der Waals surface area contributed by atoms with Crippen molar-refractivity contribution in [3.05, 3.63) is 35.4 Å². The van der Waals surface area contributed by atoms with Crippen LogP contribution in [0.4, 0.5) is 26.7 Å². The molecule has 0 bridgehead atoms. The Labute approximate surface area is 123 Å². The molecule has 0 saturated heterocycles. The van der Waals surface area contributed by atoms with Gasteiger partial charge >= 0.3 is 12.2 Å². The van der Waals surface area contributed by atoms with Crippen molar-refractivity contribution in [2.75, 3.05) is 13.7 Å². The van der Waals surface area contributed by atoms with E-state index in [1.807, 2.05) is 0 Å². The largest absolute Gasteiger partial charge is 0.413 e. The maximum atomic E-state index is 13.5. The van der Waals surface area contributed by atoms with Crippen molar-refractivity contribution in [3.63, 3.8) is 0 Å². The van der Waals surface area contributed by atoms with Gasteiger partial charge in [0.05, 0.1) is 6.10 Å². The number of amides is 2. The highest BCUT2D eigenvalue weighted by atomic mass is 19.4. The van der Waals surface area contributed by atoms with E-state index in [9.17, 15) is 26.7 Å². The van der Waals surface area contributed by atoms with Crippen LogP contribution in [0.15, 0.2) is 18.2 Å². The average molecular weight is 326 g/mol. The van der Waals surface area contributed by atoms with Crippen molar-refractivity contribution in [3.8, 4) is 0 Å². The van der Waals surface area contributed by atoms with Gasteiger partial charge in [0, 0.05) is 19.2 Å². The summed E-state index contributed by atoms with van der Waals surface area (Å²) in [5, 5.41) is 3.73. The quantitative estimate of drug-likeness (QED) is 0.818. The van der Waals surface area contributed by atoms with E-state index in [1.165, 1.54) is 7.11 Å². The molecule has 0 heterocycles. The molecule has 1 rings (SSSR count). The Balaban J connectivity index is 2.91. The molecule has 2 N–H and O–H groups in total. The van der Waals surface area contributed by atoms with Gasteiger partial charge in [-0.15, -0.1) is 0 Å². The molecule has 0 aromatic heterocycles. The van der Waals surface area contributed by atoms with E-state index in [1.54, 1.807) is 12.2 Å². The number of hydrogen-bond acceptors (Lipinski definition) is 2. The Morgan fingerprint density at radius 1 is 1.32 bits per heavy atom. The second kappa shape index (κ2) is 7.39. The van der Waals surface area contributed by atoms with E-state index in [0.29, 0.717) is 6.07 Å². The zero-order valence-electron chi connectivity index (χ0n) is 11.8. The number of hydrogen-bond donors (Lipinski definition) is 2. The molecule has 124 valence electrons. The molecule has 0 radical (unpaired) electrons. The Bertz CT molecular complexity index is 522. The van der Waals surface area contributed by atoms with Gasteiger partial charge in [-0.05, 0) is 13.0 Å². The van der Waals surface area contributed by atoms with Crippen molar-refractivity contribution in [2.24, 2.45) is 0 Å². The zero-order chi connectivity index (χ0) is 16.9. The zero-order valence-corrected chi connectivity index (χ0v) is 11.8. The monoisotopic (exact) mass is 326 g/mol. The maximum Gasteiger partial charge on any atom is 0.413 e. The van der Waals surface area contributed by atoms with Gasteiger partial charge in [0.15, 0.2) is 17.7 Å². The molecule has 0 aliphatic heterocycles. The fourth-order valence-corrected chi connectivity index (χ4v) is 1.58. The number of nitrogens with one attached hydrogen (secondary N) is 2. The molecule has 0 aliphatic rings. The third kappa shape index (κ3) is 4.83. The molecule has 0 saturated carbocycles. The van der Waals surface area contributed by atoms with Gasteiger partial charge < -0.3 is 15.4 Å². The van der Waals surface area contributed by atoms with Crippen molar-refractivity contribution in [2.45, 2.75) is 25.2 Å². The topological polar surface area (TPSA) is 50.4 Å². The minimum Gasteiger partial charge on any atom is -0.380 e. The number of rotatable bonds is 5. The first-order valence-electron chi connectivity index (χ1n) is 6.24. The fraction of sp³-hybridized carbons (Fsp3) is 0.462. The summed E-state index contributed by atoms with van der Waals surface area (Å²) < 4.78 is 70.4. The lowest BCUT2D eigenvalue weighted by molar-refractivity contribution is -0.155. The van der Waals surface area contributed by atoms with Crippen molar-refractivity contribution in [1.29, 1.82) is 0 Å². The van der Waals surface area contributed by atoms with Crippen LogP contribution in [0.1, 0.15) is 18.5 Å². The van der Waals surface area contributed by atoms with E-state index < -0.39 is 41.6 Å². The number of carbonyl (C=O) groups is 1. The summed E-state index contributed by atoms with van der Waals surface area (Å²) >= 11 is 0. The first kappa shape index (κ1) is 18.1. The van der Waals surface area contributed by atoms with Crippen LogP contribution in [-0.4, -0.2) is 32.0 Å². The van der Waals surface area contributed by atoms with Gasteiger partial charge in [-0.2, -0.15) is 13.2 Å². The molecule has 22 heavy (non-hydrogen) atoms. The standard InChI is InChI=1S/C13H15F5N2O2/c1-7(22-2)6-19-12(21)20-11(13(16,17)18)8-4-3-5-9(14)10(8)15/h3-5,7,11H,6H2,1-2H3,(H2,19,20,21)/t7-,11+/m1/s1. The van der Waals surface area contributed by atoms with Gasteiger partial charge in [-0.3, -0.25) is 0 Å². The van der Waals surface area contributed by atoms with Crippen molar-refractivity contribution in [1.82, 2.24) is 10.6 Å². The van der Waals surface area contributed by atoms with Gasteiger partial charge in [-0.1, -0.05) is 12.1 Å². The Hall–Kier alpha value is -1.90. The normalized spacial score (nSPS) is 14.3. The summed E-state index contributed by atoms with van der Waals surface area (Å²) in [6.45, 7) is 1.55. The molecule has 1 aromatic carbocycles. The molecule has 0 unspecified atom stereocenters. The molecule has 0 fully saturated rings. The lowest BCUT2D eigenvalue weighted by Gasteiger charge is -2.23. The number of alkyl halides is 3. The van der Waals surface area contributed by atoms with Gasteiger partial charge in [0.1, 0.15) is 0 Å². The lowest BCUT2D eigenvalue weighted by atomic mass is 10.1. The summed E-state index contributed by atoms with van der Waals surface area (Å²) in [4.78, 5) is 11.5. The lowest BCUT2D eigenvalue weighted by Crippen LogP contribution is -2.45. The molecule has 1 aromatic rings. The van der Waals surface area contributed by atoms with E-state index in [4.69, 9.17) is 4.74 Å². The smallest absolute Gasteiger partial charge is 0.380 e. The summed E-state index contributed by atoms with van der Waals surface area (Å²) in [5.74, 6) is -3.09. The number of halogens is 5. The third-order valence-corrected chi connectivity index (χ3v) is 2.85. The van der Waals surface area contributed by atoms with Crippen LogP contribution >= 0.6 is 0 Å². The number of methoxy groups -OCH3 is 1. The van der Waals surface area contributed by atoms with Gasteiger partial charge in [-0.25, -0.2) is 13.6 Å². The van der Waals surface area contributed by atoms with E-state index in [2.05, 4.69) is 5.32 Å². The van der Waals surface area contributed by atoms with Crippen molar-refractivity contribution >= 4 is 6.03 Å². The first-order chi connectivity index (χ1) is 10.2. The first-order valence-corrected chi connectivity index (χ1v) is 6.24. The summed E-state index contributed by atoms with van der Waals surface area (Å²) in [6.07, 6.45) is -5.40. The van der Waals surface area contributed by atoms with E-state index in [0.717, 1.165) is 12.1 Å². The van der Waals surface area contributed by atoms with Crippen molar-refractivity contribution < 1.29 is 31.5 Å². The fourth-order valence-electron chi connectivity index (χ4n) is 1.58. The molecule has 9 heteroatoms. The summed E-state index contributed by atoms with van der Waals surface area (Å²) in [7, 11) is 1.37. The van der Waals surface area contributed by atoms with E-state index >= 15 is 0 Å². The summed E-state index contributed by atoms with van der Waals surface area (Å²) in [5.41, 5.74) is -0.998. The third-order valence-electron chi connectivity index (χ3n) is 2.85. The van der Waals surface area contributed by atoms with Crippen LogP contribution in [-0.2, 0) is 4.74 Å². The number of carbonyl (C=O) groups excluding carboxylic acids is 1. The number of urea groups is 1. The Morgan fingerprint density at radius 2 is 1.95 bits per heavy atom. The minimum absolute atomic E-state index is 0.0431. The predicted molar refractivity (Wildman–Crippen MR) is 68.2 cm³/mol. The second-order valence-electron chi connectivity index (χ2n) is 4.52.